The van der Waals surface area contributed by atoms with Crippen LogP contribution in [0, 0.1) is 11.3 Å². The van der Waals surface area contributed by atoms with E-state index in [0.717, 1.165) is 36.8 Å². The quantitative estimate of drug-likeness (QED) is 0.507. The van der Waals surface area contributed by atoms with E-state index in [0.29, 0.717) is 31.7 Å². The number of amides is 2. The molecule has 33 heavy (non-hydrogen) atoms. The number of anilines is 1. The number of hydrogen-bond acceptors (Lipinski definition) is 6. The van der Waals surface area contributed by atoms with Crippen LogP contribution in [0.2, 0.25) is 0 Å². The fourth-order valence-corrected chi connectivity index (χ4v) is 6.38. The van der Waals surface area contributed by atoms with Gasteiger partial charge in [-0.05, 0) is 55.4 Å². The van der Waals surface area contributed by atoms with Gasteiger partial charge >= 0.3 is 0 Å². The van der Waals surface area contributed by atoms with E-state index < -0.39 is 23.4 Å². The normalized spacial score (nSPS) is 30.4. The van der Waals surface area contributed by atoms with Crippen molar-refractivity contribution in [3.8, 4) is 6.07 Å². The SMILES string of the molecule is N#C[C@@H]1CCCN1C(=O)[C@@H](N)CN1C[C@@H]2C[C@H]1C(=O)N2[C@H]1CCc2cc(NS(=O)O)ccc21. The highest BCUT2D eigenvalue weighted by Gasteiger charge is 2.53. The number of nitrogens with one attached hydrogen (secondary N) is 1. The van der Waals surface area contributed by atoms with Crippen molar-refractivity contribution in [1.82, 2.24) is 14.7 Å². The summed E-state index contributed by atoms with van der Waals surface area (Å²) in [4.78, 5) is 31.7. The molecule has 3 saturated heterocycles. The Hall–Kier alpha value is -2.52. The zero-order valence-electron chi connectivity index (χ0n) is 18.2. The molecule has 1 unspecified atom stereocenters. The Morgan fingerprint density at radius 1 is 1.36 bits per heavy atom. The van der Waals surface area contributed by atoms with Gasteiger partial charge in [0, 0.05) is 31.4 Å². The summed E-state index contributed by atoms with van der Waals surface area (Å²) in [5.74, 6) is -0.123. The van der Waals surface area contributed by atoms with Crippen molar-refractivity contribution in [2.75, 3.05) is 24.4 Å². The number of fused-ring (bicyclic) bond motifs is 3. The molecule has 176 valence electrons. The van der Waals surface area contributed by atoms with Crippen molar-refractivity contribution in [1.29, 1.82) is 5.26 Å². The lowest BCUT2D eigenvalue weighted by atomic mass is 10.0. The predicted octanol–water partition coefficient (Wildman–Crippen LogP) is 0.349. The topological polar surface area (TPSA) is 143 Å². The summed E-state index contributed by atoms with van der Waals surface area (Å²) in [6.07, 6.45) is 3.89. The van der Waals surface area contributed by atoms with Crippen LogP contribution in [0.5, 0.6) is 0 Å². The lowest BCUT2D eigenvalue weighted by Crippen LogP contribution is -2.56. The number of hydrogen-bond donors (Lipinski definition) is 3. The van der Waals surface area contributed by atoms with Gasteiger partial charge < -0.3 is 15.5 Å². The average Bonchev–Trinajstić information content (AvgIpc) is 3.55. The molecular formula is C22H28N6O4S. The zero-order chi connectivity index (χ0) is 23.3. The van der Waals surface area contributed by atoms with Crippen molar-refractivity contribution >= 4 is 28.8 Å². The van der Waals surface area contributed by atoms with Crippen LogP contribution in [-0.2, 0) is 27.3 Å². The second kappa shape index (κ2) is 8.68. The van der Waals surface area contributed by atoms with Crippen LogP contribution < -0.4 is 10.5 Å². The molecule has 0 spiro atoms. The van der Waals surface area contributed by atoms with Gasteiger partial charge in [-0.1, -0.05) is 6.07 Å². The van der Waals surface area contributed by atoms with E-state index in [1.54, 1.807) is 11.0 Å². The number of rotatable bonds is 6. The first-order valence-corrected chi connectivity index (χ1v) is 12.5. The molecule has 1 aliphatic carbocycles. The minimum atomic E-state index is -2.12. The third-order valence-electron chi connectivity index (χ3n) is 7.48. The average molecular weight is 473 g/mol. The summed E-state index contributed by atoms with van der Waals surface area (Å²) in [6, 6.07) is 6.46. The Balaban J connectivity index is 1.24. The molecule has 2 bridgehead atoms. The number of piperazine rings is 1. The third kappa shape index (κ3) is 3.91. The second-order valence-corrected chi connectivity index (χ2v) is 10.1. The minimum absolute atomic E-state index is 0.00890. The number of carbonyl (C=O) groups excluding carboxylic acids is 2. The number of likely N-dealkylation sites (tertiary alicyclic amines) is 3. The maximum atomic E-state index is 13.3. The van der Waals surface area contributed by atoms with Crippen LogP contribution in [0.4, 0.5) is 5.69 Å². The first-order chi connectivity index (χ1) is 15.9. The molecule has 10 nitrogen and oxygen atoms in total. The highest BCUT2D eigenvalue weighted by Crippen LogP contribution is 2.44. The highest BCUT2D eigenvalue weighted by molar-refractivity contribution is 7.80. The van der Waals surface area contributed by atoms with Crippen LogP contribution in [-0.4, -0.2) is 79.1 Å². The Bertz CT molecular complexity index is 1040. The summed E-state index contributed by atoms with van der Waals surface area (Å²) >= 11 is -2.12. The van der Waals surface area contributed by atoms with Gasteiger partial charge in [-0.2, -0.15) is 5.26 Å². The van der Waals surface area contributed by atoms with Gasteiger partial charge in [0.1, 0.15) is 6.04 Å². The van der Waals surface area contributed by atoms with Crippen molar-refractivity contribution in [2.45, 2.75) is 62.3 Å². The highest BCUT2D eigenvalue weighted by atomic mass is 32.2. The van der Waals surface area contributed by atoms with Crippen LogP contribution in [0.25, 0.3) is 0 Å². The maximum Gasteiger partial charge on any atom is 0.259 e. The van der Waals surface area contributed by atoms with Gasteiger partial charge in [0.2, 0.25) is 11.8 Å². The number of nitriles is 1. The number of nitrogens with zero attached hydrogens (tertiary/aromatic N) is 4. The minimum Gasteiger partial charge on any atom is -0.330 e. The van der Waals surface area contributed by atoms with E-state index in [1.165, 1.54) is 0 Å². The Kier molecular flexibility index (Phi) is 5.86. The summed E-state index contributed by atoms with van der Waals surface area (Å²) in [6.45, 7) is 1.58. The van der Waals surface area contributed by atoms with Crippen molar-refractivity contribution < 1.29 is 18.4 Å². The molecule has 0 saturated carbocycles. The van der Waals surface area contributed by atoms with E-state index in [-0.39, 0.29) is 29.9 Å². The Labute approximate surface area is 195 Å². The third-order valence-corrected chi connectivity index (χ3v) is 7.89. The fraction of sp³-hybridized carbons (Fsp3) is 0.591. The van der Waals surface area contributed by atoms with Gasteiger partial charge in [0.05, 0.1) is 24.2 Å². The molecule has 3 aliphatic heterocycles. The lowest BCUT2D eigenvalue weighted by Gasteiger charge is -2.38. The predicted molar refractivity (Wildman–Crippen MR) is 121 cm³/mol. The molecule has 1 aromatic rings. The molecule has 2 amide bonds. The van der Waals surface area contributed by atoms with Crippen LogP contribution in [0.1, 0.15) is 42.9 Å². The number of nitrogens with two attached hydrogens (primary N) is 1. The standard InChI is InChI=1S/C22H28N6O4S/c23-10-15-2-1-7-27(15)21(29)18(24)12-26-11-16-9-20(26)22(30)28(16)19-6-3-13-8-14(25-33(31)32)4-5-17(13)19/h4-5,8,15-16,18-20,25H,1-3,6-7,9,11-12,24H2,(H,31,32)/t15-,16-,18-,19-,20-/m0/s1. The van der Waals surface area contributed by atoms with E-state index in [4.69, 9.17) is 10.3 Å². The van der Waals surface area contributed by atoms with E-state index in [9.17, 15) is 19.1 Å². The smallest absolute Gasteiger partial charge is 0.259 e. The van der Waals surface area contributed by atoms with Crippen molar-refractivity contribution in [3.05, 3.63) is 29.3 Å². The van der Waals surface area contributed by atoms with Crippen LogP contribution >= 0.6 is 0 Å². The van der Waals surface area contributed by atoms with Gasteiger partial charge in [-0.25, -0.2) is 4.21 Å². The molecule has 5 rings (SSSR count). The van der Waals surface area contributed by atoms with Crippen molar-refractivity contribution in [3.63, 3.8) is 0 Å². The lowest BCUT2D eigenvalue weighted by molar-refractivity contribution is -0.141. The summed E-state index contributed by atoms with van der Waals surface area (Å²) in [7, 11) is 0. The molecule has 6 atom stereocenters. The molecule has 4 aliphatic rings. The summed E-state index contributed by atoms with van der Waals surface area (Å²) in [5, 5.41) is 9.25. The molecule has 0 radical (unpaired) electrons. The largest absolute Gasteiger partial charge is 0.330 e. The monoisotopic (exact) mass is 472 g/mol. The molecule has 4 N–H and O–H groups in total. The molecule has 11 heteroatoms. The van der Waals surface area contributed by atoms with Gasteiger partial charge in [-0.15, -0.1) is 0 Å². The van der Waals surface area contributed by atoms with Crippen LogP contribution in [0.3, 0.4) is 0 Å². The molecule has 1 aromatic carbocycles. The van der Waals surface area contributed by atoms with Gasteiger partial charge in [0.15, 0.2) is 0 Å². The summed E-state index contributed by atoms with van der Waals surface area (Å²) < 4.78 is 22.6. The first-order valence-electron chi connectivity index (χ1n) is 11.4. The van der Waals surface area contributed by atoms with Crippen LogP contribution in [0.15, 0.2) is 18.2 Å². The van der Waals surface area contributed by atoms with Gasteiger partial charge in [-0.3, -0.25) is 23.8 Å². The molecular weight excluding hydrogens is 444 g/mol. The van der Waals surface area contributed by atoms with E-state index >= 15 is 0 Å². The van der Waals surface area contributed by atoms with Crippen molar-refractivity contribution in [2.24, 2.45) is 5.73 Å². The molecule has 3 fully saturated rings. The fourth-order valence-electron chi connectivity index (χ4n) is 6.06. The Morgan fingerprint density at radius 2 is 2.18 bits per heavy atom. The number of aryl methyl sites for hydroxylation is 1. The second-order valence-electron chi connectivity index (χ2n) is 9.35. The molecule has 0 aromatic heterocycles. The number of benzene rings is 1. The molecule has 3 heterocycles. The van der Waals surface area contributed by atoms with Gasteiger partial charge in [0.25, 0.3) is 11.3 Å². The van der Waals surface area contributed by atoms with E-state index in [1.807, 2.05) is 21.9 Å². The Morgan fingerprint density at radius 3 is 2.91 bits per heavy atom. The van der Waals surface area contributed by atoms with E-state index in [2.05, 4.69) is 10.8 Å². The summed E-state index contributed by atoms with van der Waals surface area (Å²) in [5.41, 5.74) is 9.00. The zero-order valence-corrected chi connectivity index (χ0v) is 19.0. The first kappa shape index (κ1) is 22.3. The number of carbonyl (C=O) groups is 2. The maximum absolute atomic E-state index is 13.3.